The van der Waals surface area contributed by atoms with Gasteiger partial charge in [0.25, 0.3) is 0 Å². The zero-order valence-corrected chi connectivity index (χ0v) is 16.0. The summed E-state index contributed by atoms with van der Waals surface area (Å²) in [7, 11) is -3.90. The summed E-state index contributed by atoms with van der Waals surface area (Å²) in [5.41, 5.74) is 4.45. The molecule has 7 nitrogen and oxygen atoms in total. The average Bonchev–Trinajstić information content (AvgIpc) is 3.08. The third-order valence-corrected chi connectivity index (χ3v) is 6.94. The quantitative estimate of drug-likeness (QED) is 0.669. The first-order valence-electron chi connectivity index (χ1n) is 8.98. The van der Waals surface area contributed by atoms with Crippen LogP contribution in [0.3, 0.4) is 0 Å². The standard InChI is InChI=1S/C18H18F3N5O2S/c19-18(20,21)12-10-13(23-17-15(12)16(22)24-25-17)14-8-4-5-9-26(14)29(27,28)11-6-2-1-3-7-11/h1-3,6-7,10,14H,4-5,8-9H2,(H3,22,23,24,25)/t14-/m0/s1. The number of nitrogen functional groups attached to an aromatic ring is 1. The van der Waals surface area contributed by atoms with Gasteiger partial charge in [0.15, 0.2) is 5.65 Å². The van der Waals surface area contributed by atoms with Crippen molar-refractivity contribution < 1.29 is 21.6 Å². The van der Waals surface area contributed by atoms with Gasteiger partial charge < -0.3 is 5.73 Å². The third-order valence-electron chi connectivity index (χ3n) is 5.02. The number of aromatic nitrogens is 3. The van der Waals surface area contributed by atoms with Crippen molar-refractivity contribution >= 4 is 26.9 Å². The number of benzene rings is 1. The molecule has 29 heavy (non-hydrogen) atoms. The molecule has 0 amide bonds. The van der Waals surface area contributed by atoms with Crippen LogP contribution in [0, 0.1) is 0 Å². The van der Waals surface area contributed by atoms with E-state index in [0.717, 1.165) is 6.07 Å². The number of alkyl halides is 3. The lowest BCUT2D eigenvalue weighted by molar-refractivity contribution is -0.136. The Morgan fingerprint density at radius 3 is 2.59 bits per heavy atom. The van der Waals surface area contributed by atoms with Gasteiger partial charge in [-0.2, -0.15) is 22.6 Å². The van der Waals surface area contributed by atoms with Gasteiger partial charge in [0, 0.05) is 6.54 Å². The van der Waals surface area contributed by atoms with Crippen LogP contribution in [-0.4, -0.2) is 34.4 Å². The molecular weight excluding hydrogens is 407 g/mol. The van der Waals surface area contributed by atoms with Crippen molar-refractivity contribution in [2.45, 2.75) is 36.4 Å². The van der Waals surface area contributed by atoms with E-state index in [2.05, 4.69) is 15.2 Å². The third kappa shape index (κ3) is 3.44. The highest BCUT2D eigenvalue weighted by Crippen LogP contribution is 2.40. The molecule has 0 saturated carbocycles. The van der Waals surface area contributed by atoms with Gasteiger partial charge in [-0.25, -0.2) is 13.4 Å². The summed E-state index contributed by atoms with van der Waals surface area (Å²) in [6, 6.07) is 7.89. The number of H-pyrrole nitrogens is 1. The largest absolute Gasteiger partial charge is 0.417 e. The Labute approximate surface area is 164 Å². The highest BCUT2D eigenvalue weighted by Gasteiger charge is 2.39. The predicted molar refractivity (Wildman–Crippen MR) is 100 cm³/mol. The number of piperidine rings is 1. The number of anilines is 1. The number of hydrogen-bond donors (Lipinski definition) is 2. The van der Waals surface area contributed by atoms with E-state index in [1.54, 1.807) is 18.2 Å². The first-order valence-corrected chi connectivity index (χ1v) is 10.4. The second-order valence-electron chi connectivity index (χ2n) is 6.87. The number of sulfonamides is 1. The molecule has 11 heteroatoms. The van der Waals surface area contributed by atoms with Crippen molar-refractivity contribution in [3.05, 3.63) is 47.7 Å². The highest BCUT2D eigenvalue weighted by molar-refractivity contribution is 7.89. The number of nitrogens with zero attached hydrogens (tertiary/aromatic N) is 3. The van der Waals surface area contributed by atoms with Crippen LogP contribution in [-0.2, 0) is 16.2 Å². The Morgan fingerprint density at radius 2 is 1.90 bits per heavy atom. The molecule has 154 valence electrons. The molecule has 0 bridgehead atoms. The first kappa shape index (κ1) is 19.6. The molecule has 0 aliphatic carbocycles. The van der Waals surface area contributed by atoms with Gasteiger partial charge in [-0.1, -0.05) is 24.6 Å². The molecule has 1 aliphatic heterocycles. The van der Waals surface area contributed by atoms with Crippen LogP contribution in [0.5, 0.6) is 0 Å². The van der Waals surface area contributed by atoms with Crippen LogP contribution in [0.2, 0.25) is 0 Å². The Hall–Kier alpha value is -2.66. The summed E-state index contributed by atoms with van der Waals surface area (Å²) >= 11 is 0. The monoisotopic (exact) mass is 425 g/mol. The molecule has 1 saturated heterocycles. The van der Waals surface area contributed by atoms with Crippen LogP contribution in [0.4, 0.5) is 19.0 Å². The lowest BCUT2D eigenvalue weighted by Crippen LogP contribution is -2.39. The van der Waals surface area contributed by atoms with E-state index in [-0.39, 0.29) is 34.0 Å². The number of aromatic amines is 1. The van der Waals surface area contributed by atoms with E-state index in [0.29, 0.717) is 19.3 Å². The molecule has 0 spiro atoms. The van der Waals surface area contributed by atoms with Gasteiger partial charge in [0.05, 0.1) is 27.6 Å². The highest BCUT2D eigenvalue weighted by atomic mass is 32.2. The molecule has 4 rings (SSSR count). The van der Waals surface area contributed by atoms with Crippen molar-refractivity contribution in [2.24, 2.45) is 0 Å². The number of halogens is 3. The number of hydrogen-bond acceptors (Lipinski definition) is 5. The van der Waals surface area contributed by atoms with Gasteiger partial charge in [0.2, 0.25) is 10.0 Å². The molecule has 0 radical (unpaired) electrons. The van der Waals surface area contributed by atoms with Crippen molar-refractivity contribution in [2.75, 3.05) is 12.3 Å². The molecule has 1 aliphatic rings. The summed E-state index contributed by atoms with van der Waals surface area (Å²) in [5.74, 6) is -0.233. The van der Waals surface area contributed by atoms with E-state index in [4.69, 9.17) is 5.73 Å². The van der Waals surface area contributed by atoms with Gasteiger partial charge in [-0.3, -0.25) is 5.10 Å². The average molecular weight is 425 g/mol. The van der Waals surface area contributed by atoms with E-state index in [1.165, 1.54) is 16.4 Å². The van der Waals surface area contributed by atoms with E-state index in [1.807, 2.05) is 0 Å². The van der Waals surface area contributed by atoms with Crippen LogP contribution < -0.4 is 5.73 Å². The number of nitrogens with two attached hydrogens (primary N) is 1. The minimum absolute atomic E-state index is 0.00975. The maximum Gasteiger partial charge on any atom is 0.417 e. The molecule has 3 heterocycles. The zero-order valence-electron chi connectivity index (χ0n) is 15.1. The fraction of sp³-hybridized carbons (Fsp3) is 0.333. The van der Waals surface area contributed by atoms with Crippen molar-refractivity contribution in [3.8, 4) is 0 Å². The molecule has 2 aromatic heterocycles. The number of pyridine rings is 1. The predicted octanol–water partition coefficient (Wildman–Crippen LogP) is 3.47. The summed E-state index contributed by atoms with van der Waals surface area (Å²) in [4.78, 5) is 4.31. The summed E-state index contributed by atoms with van der Waals surface area (Å²) in [6.45, 7) is 0.200. The van der Waals surface area contributed by atoms with Crippen LogP contribution in [0.1, 0.15) is 36.6 Å². The van der Waals surface area contributed by atoms with E-state index < -0.39 is 27.8 Å². The zero-order chi connectivity index (χ0) is 20.8. The normalized spacial score (nSPS) is 18.9. The summed E-state index contributed by atoms with van der Waals surface area (Å²) in [6.07, 6.45) is -3.03. The summed E-state index contributed by atoms with van der Waals surface area (Å²) < 4.78 is 68.5. The molecule has 1 aromatic carbocycles. The van der Waals surface area contributed by atoms with Crippen LogP contribution in [0.15, 0.2) is 41.3 Å². The second kappa shape index (κ2) is 6.99. The number of nitrogens with one attached hydrogen (secondary N) is 1. The second-order valence-corrected chi connectivity index (χ2v) is 8.76. The SMILES string of the molecule is Nc1[nH]nc2nc([C@@H]3CCCCN3S(=O)(=O)c3ccccc3)cc(C(F)(F)F)c12. The van der Waals surface area contributed by atoms with E-state index >= 15 is 0 Å². The van der Waals surface area contributed by atoms with Gasteiger partial charge in [-0.15, -0.1) is 0 Å². The van der Waals surface area contributed by atoms with Gasteiger partial charge in [-0.05, 0) is 31.0 Å². The molecule has 0 unspecified atom stereocenters. The minimum atomic E-state index is -4.69. The van der Waals surface area contributed by atoms with Crippen molar-refractivity contribution in [3.63, 3.8) is 0 Å². The number of rotatable bonds is 3. The van der Waals surface area contributed by atoms with E-state index in [9.17, 15) is 21.6 Å². The fourth-order valence-corrected chi connectivity index (χ4v) is 5.37. The van der Waals surface area contributed by atoms with Crippen molar-refractivity contribution in [1.82, 2.24) is 19.5 Å². The molecule has 1 atom stereocenters. The maximum atomic E-state index is 13.7. The molecule has 3 aromatic rings. The Bertz CT molecular complexity index is 1150. The lowest BCUT2D eigenvalue weighted by atomic mass is 9.99. The van der Waals surface area contributed by atoms with Crippen molar-refractivity contribution in [1.29, 1.82) is 0 Å². The lowest BCUT2D eigenvalue weighted by Gasteiger charge is -2.34. The van der Waals surface area contributed by atoms with Crippen LogP contribution >= 0.6 is 0 Å². The summed E-state index contributed by atoms with van der Waals surface area (Å²) in [5, 5.41) is 5.77. The fourth-order valence-electron chi connectivity index (χ4n) is 3.68. The topological polar surface area (TPSA) is 105 Å². The van der Waals surface area contributed by atoms with Crippen LogP contribution in [0.25, 0.3) is 11.0 Å². The Morgan fingerprint density at radius 1 is 1.17 bits per heavy atom. The maximum absolute atomic E-state index is 13.7. The molecule has 1 fully saturated rings. The van der Waals surface area contributed by atoms with Gasteiger partial charge >= 0.3 is 6.18 Å². The Kier molecular flexibility index (Phi) is 4.74. The minimum Gasteiger partial charge on any atom is -0.383 e. The first-order chi connectivity index (χ1) is 13.7. The Balaban J connectivity index is 1.85. The van der Waals surface area contributed by atoms with Gasteiger partial charge in [0.1, 0.15) is 5.82 Å². The number of fused-ring (bicyclic) bond motifs is 1. The molecular formula is C18H18F3N5O2S. The smallest absolute Gasteiger partial charge is 0.383 e. The molecule has 3 N–H and O–H groups in total.